The number of rotatable bonds is 6. The van der Waals surface area contributed by atoms with Crippen molar-refractivity contribution in [3.63, 3.8) is 0 Å². The molecule has 3 rings (SSSR count). The van der Waals surface area contributed by atoms with E-state index in [2.05, 4.69) is 15.5 Å². The standard InChI is InChI=1S/C18H17ClF3N5O/c1-12-7-16(18(20,21)22)25-27(12)6-5-17(28)24-15-4-2-3-13(8-15)10-26-11-14(19)9-23-26/h2-4,7-9,11H,5-6,10H2,1H3,(H,24,28). The summed E-state index contributed by atoms with van der Waals surface area (Å²) in [6, 6.07) is 8.18. The first-order chi connectivity index (χ1) is 13.2. The maximum Gasteiger partial charge on any atom is 0.435 e. The van der Waals surface area contributed by atoms with Gasteiger partial charge in [-0.25, -0.2) is 0 Å². The first kappa shape index (κ1) is 19.9. The van der Waals surface area contributed by atoms with Gasteiger partial charge in [-0.1, -0.05) is 23.7 Å². The lowest BCUT2D eigenvalue weighted by Crippen LogP contribution is -2.16. The van der Waals surface area contributed by atoms with Crippen molar-refractivity contribution < 1.29 is 18.0 Å². The smallest absolute Gasteiger partial charge is 0.326 e. The quantitative estimate of drug-likeness (QED) is 0.663. The maximum absolute atomic E-state index is 12.7. The van der Waals surface area contributed by atoms with Crippen molar-refractivity contribution in [2.24, 2.45) is 0 Å². The van der Waals surface area contributed by atoms with Gasteiger partial charge < -0.3 is 5.32 Å². The van der Waals surface area contributed by atoms with Gasteiger partial charge in [0.05, 0.1) is 17.8 Å². The molecule has 3 aromatic rings. The minimum Gasteiger partial charge on any atom is -0.326 e. The molecule has 0 aliphatic heterocycles. The van der Waals surface area contributed by atoms with E-state index < -0.39 is 11.9 Å². The van der Waals surface area contributed by atoms with E-state index in [1.54, 1.807) is 29.1 Å². The fourth-order valence-corrected chi connectivity index (χ4v) is 2.82. The number of nitrogens with one attached hydrogen (secondary N) is 1. The van der Waals surface area contributed by atoms with E-state index in [4.69, 9.17) is 11.6 Å². The van der Waals surface area contributed by atoms with Gasteiger partial charge in [0.25, 0.3) is 0 Å². The highest BCUT2D eigenvalue weighted by atomic mass is 35.5. The van der Waals surface area contributed by atoms with Crippen molar-refractivity contribution in [1.29, 1.82) is 0 Å². The normalized spacial score (nSPS) is 11.6. The molecule has 0 fully saturated rings. The largest absolute Gasteiger partial charge is 0.435 e. The molecular formula is C18H17ClF3N5O. The summed E-state index contributed by atoms with van der Waals surface area (Å²) >= 11 is 5.84. The van der Waals surface area contributed by atoms with Crippen LogP contribution in [0.1, 0.15) is 23.4 Å². The molecule has 0 spiro atoms. The molecule has 6 nitrogen and oxygen atoms in total. The number of amides is 1. The van der Waals surface area contributed by atoms with Crippen LogP contribution in [0.3, 0.4) is 0 Å². The van der Waals surface area contributed by atoms with Crippen molar-refractivity contribution in [3.05, 3.63) is 64.7 Å². The lowest BCUT2D eigenvalue weighted by molar-refractivity contribution is -0.141. The Kier molecular flexibility index (Phi) is 5.73. The van der Waals surface area contributed by atoms with E-state index in [0.29, 0.717) is 22.9 Å². The number of benzene rings is 1. The molecule has 0 saturated heterocycles. The number of hydrogen-bond donors (Lipinski definition) is 1. The van der Waals surface area contributed by atoms with Gasteiger partial charge in [0.2, 0.25) is 5.91 Å². The Morgan fingerprint density at radius 2 is 2.07 bits per heavy atom. The van der Waals surface area contributed by atoms with Gasteiger partial charge in [-0.15, -0.1) is 0 Å². The Morgan fingerprint density at radius 3 is 2.71 bits per heavy atom. The van der Waals surface area contributed by atoms with Gasteiger partial charge in [0.15, 0.2) is 5.69 Å². The van der Waals surface area contributed by atoms with Crippen molar-refractivity contribution in [2.45, 2.75) is 32.6 Å². The van der Waals surface area contributed by atoms with E-state index in [1.165, 1.54) is 17.8 Å². The molecule has 1 aromatic carbocycles. The zero-order valence-electron chi connectivity index (χ0n) is 14.9. The number of nitrogens with zero attached hydrogens (tertiary/aromatic N) is 4. The predicted molar refractivity (Wildman–Crippen MR) is 98.0 cm³/mol. The second kappa shape index (κ2) is 8.05. The van der Waals surface area contributed by atoms with Crippen LogP contribution in [0.15, 0.2) is 42.7 Å². The topological polar surface area (TPSA) is 64.7 Å². The number of hydrogen-bond acceptors (Lipinski definition) is 3. The number of carbonyl (C=O) groups excluding carboxylic acids is 1. The maximum atomic E-state index is 12.7. The Hall–Kier alpha value is -2.81. The van der Waals surface area contributed by atoms with E-state index in [1.807, 2.05) is 6.07 Å². The summed E-state index contributed by atoms with van der Waals surface area (Å²) in [6.07, 6.45) is -1.28. The van der Waals surface area contributed by atoms with Gasteiger partial charge in [0, 0.05) is 30.5 Å². The lowest BCUT2D eigenvalue weighted by Gasteiger charge is -2.09. The highest BCUT2D eigenvalue weighted by Crippen LogP contribution is 2.28. The monoisotopic (exact) mass is 411 g/mol. The summed E-state index contributed by atoms with van der Waals surface area (Å²) in [6.45, 7) is 2.06. The molecule has 10 heteroatoms. The van der Waals surface area contributed by atoms with E-state index in [0.717, 1.165) is 11.6 Å². The fourth-order valence-electron chi connectivity index (χ4n) is 2.67. The molecule has 0 atom stereocenters. The van der Waals surface area contributed by atoms with E-state index >= 15 is 0 Å². The first-order valence-corrected chi connectivity index (χ1v) is 8.77. The SMILES string of the molecule is Cc1cc(C(F)(F)F)nn1CCC(=O)Nc1cccc(Cn2cc(Cl)cn2)c1. The number of alkyl halides is 3. The summed E-state index contributed by atoms with van der Waals surface area (Å²) in [5.74, 6) is -0.317. The Balaban J connectivity index is 1.58. The molecule has 1 amide bonds. The highest BCUT2D eigenvalue weighted by molar-refractivity contribution is 6.30. The molecule has 0 bridgehead atoms. The molecule has 0 saturated carbocycles. The van der Waals surface area contributed by atoms with Gasteiger partial charge in [0.1, 0.15) is 0 Å². The molecular weight excluding hydrogens is 395 g/mol. The number of carbonyl (C=O) groups is 1. The molecule has 28 heavy (non-hydrogen) atoms. The van der Waals surface area contributed by atoms with Crippen LogP contribution < -0.4 is 5.32 Å². The van der Waals surface area contributed by atoms with Gasteiger partial charge >= 0.3 is 6.18 Å². The third kappa shape index (κ3) is 5.13. The number of anilines is 1. The zero-order valence-corrected chi connectivity index (χ0v) is 15.6. The number of halogens is 4. The molecule has 0 aliphatic rings. The summed E-state index contributed by atoms with van der Waals surface area (Å²) in [5.41, 5.74) is 0.890. The highest BCUT2D eigenvalue weighted by Gasteiger charge is 2.34. The van der Waals surface area contributed by atoms with Crippen LogP contribution in [0.5, 0.6) is 0 Å². The first-order valence-electron chi connectivity index (χ1n) is 8.39. The van der Waals surface area contributed by atoms with Crippen LogP contribution in [-0.4, -0.2) is 25.5 Å². The van der Waals surface area contributed by atoms with Crippen molar-refractivity contribution in [2.75, 3.05) is 5.32 Å². The Morgan fingerprint density at radius 1 is 1.29 bits per heavy atom. The average Bonchev–Trinajstić information content (AvgIpc) is 3.18. The molecule has 0 radical (unpaired) electrons. The van der Waals surface area contributed by atoms with Crippen LogP contribution >= 0.6 is 11.6 Å². The van der Waals surface area contributed by atoms with Gasteiger partial charge in [-0.3, -0.25) is 14.2 Å². The van der Waals surface area contributed by atoms with Crippen LogP contribution in [0.25, 0.3) is 0 Å². The van der Waals surface area contributed by atoms with E-state index in [-0.39, 0.29) is 18.9 Å². The van der Waals surface area contributed by atoms with Crippen LogP contribution in [0.2, 0.25) is 5.02 Å². The Bertz CT molecular complexity index is 980. The minimum absolute atomic E-state index is 0.00118. The summed E-state index contributed by atoms with van der Waals surface area (Å²) in [4.78, 5) is 12.2. The third-order valence-corrected chi connectivity index (χ3v) is 4.17. The number of aryl methyl sites for hydroxylation is 2. The second-order valence-electron chi connectivity index (χ2n) is 6.25. The van der Waals surface area contributed by atoms with E-state index in [9.17, 15) is 18.0 Å². The zero-order chi connectivity index (χ0) is 20.3. The fraction of sp³-hybridized carbons (Fsp3) is 0.278. The molecule has 148 valence electrons. The molecule has 0 aliphatic carbocycles. The second-order valence-corrected chi connectivity index (χ2v) is 6.68. The third-order valence-electron chi connectivity index (χ3n) is 3.98. The molecule has 0 unspecified atom stereocenters. The summed E-state index contributed by atoms with van der Waals surface area (Å²) in [5, 5.41) is 10.9. The Labute approximate surface area is 163 Å². The predicted octanol–water partition coefficient (Wildman–Crippen LogP) is 4.14. The molecule has 2 aromatic heterocycles. The number of aromatic nitrogens is 4. The molecule has 1 N–H and O–H groups in total. The summed E-state index contributed by atoms with van der Waals surface area (Å²) in [7, 11) is 0. The van der Waals surface area contributed by atoms with Gasteiger partial charge in [-0.05, 0) is 30.7 Å². The summed E-state index contributed by atoms with van der Waals surface area (Å²) < 4.78 is 40.9. The van der Waals surface area contributed by atoms with Crippen LogP contribution in [0.4, 0.5) is 18.9 Å². The van der Waals surface area contributed by atoms with Crippen molar-refractivity contribution in [1.82, 2.24) is 19.6 Å². The average molecular weight is 412 g/mol. The van der Waals surface area contributed by atoms with Crippen molar-refractivity contribution >= 4 is 23.2 Å². The van der Waals surface area contributed by atoms with Crippen LogP contribution in [0, 0.1) is 6.92 Å². The van der Waals surface area contributed by atoms with Gasteiger partial charge in [-0.2, -0.15) is 23.4 Å². The lowest BCUT2D eigenvalue weighted by atomic mass is 10.2. The van der Waals surface area contributed by atoms with Crippen LogP contribution in [-0.2, 0) is 24.1 Å². The van der Waals surface area contributed by atoms with Crippen molar-refractivity contribution in [3.8, 4) is 0 Å². The molecule has 2 heterocycles. The minimum atomic E-state index is -4.50.